The van der Waals surface area contributed by atoms with Crippen LogP contribution < -0.4 is 4.74 Å². The summed E-state index contributed by atoms with van der Waals surface area (Å²) in [6.45, 7) is 1.94. The molecule has 24 heavy (non-hydrogen) atoms. The fourth-order valence-corrected chi connectivity index (χ4v) is 3.56. The SMILES string of the molecule is CCc1c(Cl)cc(CC=O)c(OC)c1-c1cncc(S(C)(=O)=O)c1. The Morgan fingerprint density at radius 3 is 2.54 bits per heavy atom. The molecular formula is C17H18ClNO4S. The van der Waals surface area contributed by atoms with Gasteiger partial charge in [0.05, 0.1) is 12.0 Å². The number of aldehydes is 1. The smallest absolute Gasteiger partial charge is 0.177 e. The number of carbonyl (C=O) groups is 1. The number of nitrogens with zero attached hydrogens (tertiary/aromatic N) is 1. The van der Waals surface area contributed by atoms with Gasteiger partial charge in [-0.25, -0.2) is 8.42 Å². The Hall–Kier alpha value is -1.92. The van der Waals surface area contributed by atoms with E-state index in [9.17, 15) is 13.2 Å². The van der Waals surface area contributed by atoms with Gasteiger partial charge in [-0.2, -0.15) is 0 Å². The molecule has 128 valence electrons. The molecule has 1 heterocycles. The first-order chi connectivity index (χ1) is 11.3. The molecular weight excluding hydrogens is 350 g/mol. The Morgan fingerprint density at radius 2 is 2.00 bits per heavy atom. The van der Waals surface area contributed by atoms with Crippen molar-refractivity contribution in [1.82, 2.24) is 4.98 Å². The summed E-state index contributed by atoms with van der Waals surface area (Å²) in [5, 5.41) is 0.509. The van der Waals surface area contributed by atoms with Crippen molar-refractivity contribution < 1.29 is 17.9 Å². The summed E-state index contributed by atoms with van der Waals surface area (Å²) in [4.78, 5) is 15.1. The van der Waals surface area contributed by atoms with Crippen molar-refractivity contribution in [2.45, 2.75) is 24.7 Å². The molecule has 2 rings (SSSR count). The maximum absolute atomic E-state index is 11.8. The number of rotatable bonds is 6. The quantitative estimate of drug-likeness (QED) is 0.733. The van der Waals surface area contributed by atoms with Crippen LogP contribution in [0.5, 0.6) is 5.75 Å². The fourth-order valence-electron chi connectivity index (χ4n) is 2.61. The zero-order chi connectivity index (χ0) is 17.9. The van der Waals surface area contributed by atoms with Gasteiger partial charge >= 0.3 is 0 Å². The third-order valence-electron chi connectivity index (χ3n) is 3.70. The molecule has 0 aliphatic rings. The van der Waals surface area contributed by atoms with Gasteiger partial charge in [0, 0.05) is 46.8 Å². The van der Waals surface area contributed by atoms with Crippen molar-refractivity contribution in [2.75, 3.05) is 13.4 Å². The summed E-state index contributed by atoms with van der Waals surface area (Å²) in [5.74, 6) is 0.510. The molecule has 2 aromatic rings. The van der Waals surface area contributed by atoms with Crippen molar-refractivity contribution in [3.8, 4) is 16.9 Å². The number of ether oxygens (including phenoxy) is 1. The molecule has 0 amide bonds. The predicted octanol–water partition coefficient (Wildman–Crippen LogP) is 3.12. The fraction of sp³-hybridized carbons (Fsp3) is 0.294. The van der Waals surface area contributed by atoms with Gasteiger partial charge in [-0.3, -0.25) is 4.98 Å². The lowest BCUT2D eigenvalue weighted by molar-refractivity contribution is -0.107. The number of halogens is 1. The summed E-state index contributed by atoms with van der Waals surface area (Å²) in [5.41, 5.74) is 2.72. The minimum Gasteiger partial charge on any atom is -0.496 e. The van der Waals surface area contributed by atoms with E-state index in [1.165, 1.54) is 13.3 Å². The van der Waals surface area contributed by atoms with E-state index >= 15 is 0 Å². The molecule has 0 saturated carbocycles. The third kappa shape index (κ3) is 3.60. The highest BCUT2D eigenvalue weighted by molar-refractivity contribution is 7.90. The normalized spacial score (nSPS) is 11.3. The van der Waals surface area contributed by atoms with E-state index in [1.807, 2.05) is 6.92 Å². The minimum atomic E-state index is -3.40. The average molecular weight is 368 g/mol. The Kier molecular flexibility index (Phi) is 5.62. The molecule has 5 nitrogen and oxygen atoms in total. The van der Waals surface area contributed by atoms with E-state index < -0.39 is 9.84 Å². The topological polar surface area (TPSA) is 73.3 Å². The van der Waals surface area contributed by atoms with Crippen LogP contribution in [-0.2, 0) is 27.5 Å². The number of hydrogen-bond acceptors (Lipinski definition) is 5. The summed E-state index contributed by atoms with van der Waals surface area (Å²) in [6, 6.07) is 3.26. The molecule has 0 aliphatic carbocycles. The zero-order valence-electron chi connectivity index (χ0n) is 13.7. The van der Waals surface area contributed by atoms with Crippen LogP contribution in [0.1, 0.15) is 18.1 Å². The Morgan fingerprint density at radius 1 is 1.29 bits per heavy atom. The van der Waals surface area contributed by atoms with Crippen molar-refractivity contribution in [3.05, 3.63) is 40.7 Å². The average Bonchev–Trinajstić information content (AvgIpc) is 2.54. The molecule has 7 heteroatoms. The van der Waals surface area contributed by atoms with Crippen LogP contribution in [0.25, 0.3) is 11.1 Å². The molecule has 0 spiro atoms. The highest BCUT2D eigenvalue weighted by atomic mass is 35.5. The van der Waals surface area contributed by atoms with E-state index in [0.717, 1.165) is 18.1 Å². The first kappa shape index (κ1) is 18.4. The van der Waals surface area contributed by atoms with Gasteiger partial charge in [0.25, 0.3) is 0 Å². The standard InChI is InChI=1S/C17H18ClNO4S/c1-4-14-15(18)8-11(5-6-20)17(23-2)16(14)12-7-13(10-19-9-12)24(3,21)22/h6-10H,4-5H2,1-3H3. The predicted molar refractivity (Wildman–Crippen MR) is 93.5 cm³/mol. The zero-order valence-corrected chi connectivity index (χ0v) is 15.2. The second-order valence-electron chi connectivity index (χ2n) is 5.31. The van der Waals surface area contributed by atoms with Crippen LogP contribution in [0.3, 0.4) is 0 Å². The molecule has 0 saturated heterocycles. The maximum atomic E-state index is 11.8. The first-order valence-corrected chi connectivity index (χ1v) is 9.57. The van der Waals surface area contributed by atoms with Crippen LogP contribution in [0, 0.1) is 0 Å². The van der Waals surface area contributed by atoms with Crippen molar-refractivity contribution in [3.63, 3.8) is 0 Å². The molecule has 0 atom stereocenters. The van der Waals surface area contributed by atoms with E-state index in [1.54, 1.807) is 18.3 Å². The van der Waals surface area contributed by atoms with Crippen LogP contribution in [0.2, 0.25) is 5.02 Å². The monoisotopic (exact) mass is 367 g/mol. The number of carbonyl (C=O) groups excluding carboxylic acids is 1. The second-order valence-corrected chi connectivity index (χ2v) is 7.73. The summed E-state index contributed by atoms with van der Waals surface area (Å²) in [6.07, 6.45) is 5.53. The van der Waals surface area contributed by atoms with Crippen molar-refractivity contribution >= 4 is 27.7 Å². The number of methoxy groups -OCH3 is 1. The molecule has 0 N–H and O–H groups in total. The lowest BCUT2D eigenvalue weighted by atomic mass is 9.94. The van der Waals surface area contributed by atoms with Crippen LogP contribution in [0.15, 0.2) is 29.4 Å². The highest BCUT2D eigenvalue weighted by Gasteiger charge is 2.20. The number of benzene rings is 1. The van der Waals surface area contributed by atoms with E-state index in [0.29, 0.717) is 33.9 Å². The maximum Gasteiger partial charge on any atom is 0.177 e. The number of hydrogen-bond donors (Lipinski definition) is 0. The van der Waals surface area contributed by atoms with Crippen molar-refractivity contribution in [1.29, 1.82) is 0 Å². The van der Waals surface area contributed by atoms with Gasteiger partial charge < -0.3 is 9.53 Å². The van der Waals surface area contributed by atoms with Crippen LogP contribution in [-0.4, -0.2) is 33.1 Å². The van der Waals surface area contributed by atoms with E-state index in [2.05, 4.69) is 4.98 Å². The van der Waals surface area contributed by atoms with Gasteiger partial charge in [-0.05, 0) is 24.1 Å². The molecule has 1 aromatic carbocycles. The largest absolute Gasteiger partial charge is 0.496 e. The van der Waals surface area contributed by atoms with Crippen LogP contribution >= 0.6 is 11.6 Å². The molecule has 0 unspecified atom stereocenters. The van der Waals surface area contributed by atoms with Gasteiger partial charge in [-0.1, -0.05) is 18.5 Å². The molecule has 0 bridgehead atoms. The van der Waals surface area contributed by atoms with Gasteiger partial charge in [-0.15, -0.1) is 0 Å². The minimum absolute atomic E-state index is 0.112. The molecule has 0 radical (unpaired) electrons. The van der Waals surface area contributed by atoms with Crippen molar-refractivity contribution in [2.24, 2.45) is 0 Å². The number of aromatic nitrogens is 1. The van der Waals surface area contributed by atoms with Gasteiger partial charge in [0.1, 0.15) is 12.0 Å². The van der Waals surface area contributed by atoms with E-state index in [4.69, 9.17) is 16.3 Å². The Labute approximate surface area is 146 Å². The lowest BCUT2D eigenvalue weighted by Gasteiger charge is -2.18. The van der Waals surface area contributed by atoms with Crippen LogP contribution in [0.4, 0.5) is 0 Å². The summed E-state index contributed by atoms with van der Waals surface area (Å²) < 4.78 is 29.1. The second kappa shape index (κ2) is 7.32. The van der Waals surface area contributed by atoms with Gasteiger partial charge in [0.15, 0.2) is 9.84 Å². The highest BCUT2D eigenvalue weighted by Crippen LogP contribution is 2.41. The van der Waals surface area contributed by atoms with E-state index in [-0.39, 0.29) is 11.3 Å². The first-order valence-electron chi connectivity index (χ1n) is 7.30. The third-order valence-corrected chi connectivity index (χ3v) is 5.12. The Bertz CT molecular complexity index is 878. The number of pyridine rings is 1. The Balaban J connectivity index is 2.83. The van der Waals surface area contributed by atoms with Gasteiger partial charge in [0.2, 0.25) is 0 Å². The number of sulfone groups is 1. The molecule has 0 fully saturated rings. The molecule has 1 aromatic heterocycles. The summed E-state index contributed by atoms with van der Waals surface area (Å²) in [7, 11) is -1.89. The summed E-state index contributed by atoms with van der Waals surface area (Å²) >= 11 is 6.37. The lowest BCUT2D eigenvalue weighted by Crippen LogP contribution is -2.03. The molecule has 0 aliphatic heterocycles.